The lowest BCUT2D eigenvalue weighted by Gasteiger charge is -2.10. The molecule has 0 atom stereocenters. The zero-order chi connectivity index (χ0) is 23.5. The number of nitro groups is 1. The molecule has 0 aliphatic heterocycles. The van der Waals surface area contributed by atoms with E-state index in [1.807, 2.05) is 6.92 Å². The third-order valence-electron chi connectivity index (χ3n) is 4.41. The molecule has 0 spiro atoms. The molecule has 3 aromatic rings. The molecular formula is C20H17F3N4O5. The third-order valence-corrected chi connectivity index (χ3v) is 4.41. The van der Waals surface area contributed by atoms with Crippen LogP contribution in [-0.2, 0) is 22.3 Å². The van der Waals surface area contributed by atoms with Gasteiger partial charge in [-0.15, -0.1) is 0 Å². The molecule has 12 heteroatoms. The number of hydrogen-bond donors (Lipinski definition) is 1. The average Bonchev–Trinajstić information content (AvgIpc) is 2.72. The predicted octanol–water partition coefficient (Wildman–Crippen LogP) is 3.48. The first-order chi connectivity index (χ1) is 15.0. The summed E-state index contributed by atoms with van der Waals surface area (Å²) < 4.78 is 44.7. The van der Waals surface area contributed by atoms with Gasteiger partial charge in [0.05, 0.1) is 22.6 Å². The summed E-state index contributed by atoms with van der Waals surface area (Å²) in [7, 11) is 0. The first-order valence-corrected chi connectivity index (χ1v) is 9.28. The van der Waals surface area contributed by atoms with Crippen LogP contribution in [0.1, 0.15) is 23.2 Å². The van der Waals surface area contributed by atoms with Crippen LogP contribution in [0.5, 0.6) is 0 Å². The van der Waals surface area contributed by atoms with Crippen LogP contribution in [0.4, 0.5) is 24.5 Å². The van der Waals surface area contributed by atoms with Crippen molar-refractivity contribution in [2.45, 2.75) is 26.1 Å². The van der Waals surface area contributed by atoms with Gasteiger partial charge in [0.1, 0.15) is 17.9 Å². The fourth-order valence-electron chi connectivity index (χ4n) is 2.87. The second-order valence-electron chi connectivity index (χ2n) is 6.84. The fraction of sp³-hybridized carbons (Fsp3) is 0.250. The van der Waals surface area contributed by atoms with E-state index in [1.54, 1.807) is 18.3 Å². The predicted molar refractivity (Wildman–Crippen MR) is 107 cm³/mol. The van der Waals surface area contributed by atoms with Gasteiger partial charge in [0, 0.05) is 24.9 Å². The molecule has 3 rings (SSSR count). The zero-order valence-corrected chi connectivity index (χ0v) is 16.7. The van der Waals surface area contributed by atoms with Crippen molar-refractivity contribution in [2.24, 2.45) is 0 Å². The van der Waals surface area contributed by atoms with Crippen molar-refractivity contribution in [1.82, 2.24) is 9.38 Å². The van der Waals surface area contributed by atoms with E-state index in [4.69, 9.17) is 4.74 Å². The van der Waals surface area contributed by atoms with Crippen molar-refractivity contribution in [3.05, 3.63) is 79.9 Å². The smallest absolute Gasteiger partial charge is 0.416 e. The van der Waals surface area contributed by atoms with Crippen LogP contribution in [0.2, 0.25) is 0 Å². The fourth-order valence-corrected chi connectivity index (χ4v) is 2.87. The number of aryl methyl sites for hydroxylation is 1. The van der Waals surface area contributed by atoms with E-state index >= 15 is 0 Å². The molecule has 0 saturated carbocycles. The number of aromatic nitrogens is 2. The maximum absolute atomic E-state index is 12.7. The molecule has 0 amide bonds. The number of anilines is 1. The van der Waals surface area contributed by atoms with E-state index in [-0.39, 0.29) is 36.5 Å². The molecule has 2 aromatic heterocycles. The molecule has 0 aliphatic rings. The summed E-state index contributed by atoms with van der Waals surface area (Å²) in [6.07, 6.45) is -3.30. The molecule has 0 unspecified atom stereocenters. The number of nitrogens with one attached hydrogen (secondary N) is 1. The largest absolute Gasteiger partial charge is 0.459 e. The second-order valence-corrected chi connectivity index (χ2v) is 6.84. The van der Waals surface area contributed by atoms with Crippen LogP contribution in [0.25, 0.3) is 5.65 Å². The molecule has 0 saturated heterocycles. The summed E-state index contributed by atoms with van der Waals surface area (Å²) in [4.78, 5) is 38.5. The number of rotatable bonds is 7. The standard InChI is InChI=1S/C20H17F3N4O5/c1-12-2-5-17-25-14(9-18(28)26(17)10-12)11-32-19(29)6-7-24-15-4-3-13(20(21,22)23)8-16(15)27(30)31/h2-5,8-10,24H,6-7,11H2,1H3. The van der Waals surface area contributed by atoms with Gasteiger partial charge < -0.3 is 10.1 Å². The molecule has 2 heterocycles. The quantitative estimate of drug-likeness (QED) is 0.333. The Hall–Kier alpha value is -3.96. The SMILES string of the molecule is Cc1ccc2nc(COC(=O)CCNc3ccc(C(F)(F)F)cc3[N+](=O)[O-])cc(=O)n2c1. The number of nitro benzene ring substituents is 1. The van der Waals surface area contributed by atoms with Gasteiger partial charge in [-0.3, -0.25) is 24.1 Å². The monoisotopic (exact) mass is 450 g/mol. The van der Waals surface area contributed by atoms with E-state index in [2.05, 4.69) is 10.3 Å². The molecule has 9 nitrogen and oxygen atoms in total. The summed E-state index contributed by atoms with van der Waals surface area (Å²) in [5.41, 5.74) is -0.881. The van der Waals surface area contributed by atoms with Crippen LogP contribution < -0.4 is 10.9 Å². The van der Waals surface area contributed by atoms with Gasteiger partial charge in [-0.25, -0.2) is 4.98 Å². The molecule has 1 N–H and O–H groups in total. The van der Waals surface area contributed by atoms with Crippen LogP contribution >= 0.6 is 0 Å². The van der Waals surface area contributed by atoms with Crippen molar-refractivity contribution < 1.29 is 27.6 Å². The molecule has 1 aromatic carbocycles. The first-order valence-electron chi connectivity index (χ1n) is 9.28. The lowest BCUT2D eigenvalue weighted by atomic mass is 10.1. The highest BCUT2D eigenvalue weighted by atomic mass is 19.4. The van der Waals surface area contributed by atoms with Gasteiger partial charge in [0.2, 0.25) is 0 Å². The maximum atomic E-state index is 12.7. The first kappa shape index (κ1) is 22.7. The summed E-state index contributed by atoms with van der Waals surface area (Å²) >= 11 is 0. The van der Waals surface area contributed by atoms with Crippen LogP contribution in [0, 0.1) is 17.0 Å². The maximum Gasteiger partial charge on any atom is 0.416 e. The molecule has 168 valence electrons. The van der Waals surface area contributed by atoms with Gasteiger partial charge >= 0.3 is 12.1 Å². The van der Waals surface area contributed by atoms with E-state index in [0.29, 0.717) is 17.8 Å². The number of esters is 1. The van der Waals surface area contributed by atoms with Crippen molar-refractivity contribution in [3.8, 4) is 0 Å². The van der Waals surface area contributed by atoms with Gasteiger partial charge in [-0.2, -0.15) is 13.2 Å². The molecular weight excluding hydrogens is 433 g/mol. The minimum absolute atomic E-state index is 0.113. The van der Waals surface area contributed by atoms with Crippen molar-refractivity contribution >= 4 is 23.0 Å². The van der Waals surface area contributed by atoms with Gasteiger partial charge in [-0.1, -0.05) is 6.07 Å². The molecule has 0 aliphatic carbocycles. The van der Waals surface area contributed by atoms with E-state index in [1.165, 1.54) is 10.5 Å². The van der Waals surface area contributed by atoms with Gasteiger partial charge in [-0.05, 0) is 30.7 Å². The lowest BCUT2D eigenvalue weighted by Crippen LogP contribution is -2.17. The number of carbonyl (C=O) groups is 1. The number of hydrogen-bond acceptors (Lipinski definition) is 7. The second kappa shape index (κ2) is 9.04. The van der Waals surface area contributed by atoms with Crippen LogP contribution in [-0.4, -0.2) is 26.8 Å². The van der Waals surface area contributed by atoms with E-state index in [0.717, 1.165) is 11.6 Å². The minimum Gasteiger partial charge on any atom is -0.459 e. The summed E-state index contributed by atoms with van der Waals surface area (Å²) in [5.74, 6) is -0.682. The highest BCUT2D eigenvalue weighted by Gasteiger charge is 2.33. The zero-order valence-electron chi connectivity index (χ0n) is 16.7. The topological polar surface area (TPSA) is 116 Å². The van der Waals surface area contributed by atoms with Crippen LogP contribution in [0.15, 0.2) is 47.4 Å². The summed E-state index contributed by atoms with van der Waals surface area (Å²) in [6.45, 7) is 1.46. The number of nitrogens with zero attached hydrogens (tertiary/aromatic N) is 3. The number of pyridine rings is 1. The summed E-state index contributed by atoms with van der Waals surface area (Å²) in [5, 5.41) is 13.6. The Balaban J connectivity index is 1.58. The van der Waals surface area contributed by atoms with Crippen molar-refractivity contribution in [3.63, 3.8) is 0 Å². The van der Waals surface area contributed by atoms with Gasteiger partial charge in [0.15, 0.2) is 0 Å². The average molecular weight is 450 g/mol. The molecule has 0 radical (unpaired) electrons. The Bertz CT molecular complexity index is 1240. The summed E-state index contributed by atoms with van der Waals surface area (Å²) in [6, 6.07) is 6.74. The van der Waals surface area contributed by atoms with Crippen molar-refractivity contribution in [2.75, 3.05) is 11.9 Å². The molecule has 0 bridgehead atoms. The normalized spacial score (nSPS) is 11.4. The molecule has 32 heavy (non-hydrogen) atoms. The Morgan fingerprint density at radius 3 is 2.69 bits per heavy atom. The van der Waals surface area contributed by atoms with Crippen LogP contribution in [0.3, 0.4) is 0 Å². The van der Waals surface area contributed by atoms with E-state index in [9.17, 15) is 32.9 Å². The Morgan fingerprint density at radius 2 is 2.00 bits per heavy atom. The number of alkyl halides is 3. The van der Waals surface area contributed by atoms with Gasteiger partial charge in [0.25, 0.3) is 11.2 Å². The highest BCUT2D eigenvalue weighted by Crippen LogP contribution is 2.34. The van der Waals surface area contributed by atoms with Crippen molar-refractivity contribution in [1.29, 1.82) is 0 Å². The number of fused-ring (bicyclic) bond motifs is 1. The number of ether oxygens (including phenoxy) is 1. The Morgan fingerprint density at radius 1 is 1.25 bits per heavy atom. The number of carbonyl (C=O) groups excluding carboxylic acids is 1. The number of halogens is 3. The molecule has 0 fully saturated rings. The number of benzene rings is 1. The highest BCUT2D eigenvalue weighted by molar-refractivity contribution is 5.71. The minimum atomic E-state index is -4.72. The Kier molecular flexibility index (Phi) is 6.42. The third kappa shape index (κ3) is 5.39. The van der Waals surface area contributed by atoms with E-state index < -0.39 is 28.3 Å². The Labute approximate surface area is 178 Å². The lowest BCUT2D eigenvalue weighted by molar-refractivity contribution is -0.384.